The molecule has 6 heteroatoms. The lowest BCUT2D eigenvalue weighted by molar-refractivity contribution is 0.0242. The van der Waals surface area contributed by atoms with Crippen LogP contribution in [0, 0.1) is 17.5 Å². The van der Waals surface area contributed by atoms with E-state index in [4.69, 9.17) is 4.74 Å². The Balaban J connectivity index is 2.80. The van der Waals surface area contributed by atoms with Crippen LogP contribution in [0.2, 0.25) is 0 Å². The molecule has 0 saturated heterocycles. The largest absolute Gasteiger partial charge is 0.491 e. The van der Waals surface area contributed by atoms with E-state index in [-0.39, 0.29) is 6.10 Å². The SMILES string of the molecule is CCCCCCCC(CCCCC)OC(=O)c1cc(F)c(F)c(OC)c1F. The van der Waals surface area contributed by atoms with Crippen molar-refractivity contribution in [3.8, 4) is 5.75 Å². The Kier molecular flexibility index (Phi) is 10.9. The van der Waals surface area contributed by atoms with E-state index in [2.05, 4.69) is 18.6 Å². The maximum atomic E-state index is 14.3. The van der Waals surface area contributed by atoms with E-state index < -0.39 is 34.7 Å². The van der Waals surface area contributed by atoms with Gasteiger partial charge in [-0.3, -0.25) is 0 Å². The number of carbonyl (C=O) groups excluding carboxylic acids is 1. The summed E-state index contributed by atoms with van der Waals surface area (Å²) in [5.74, 6) is -5.94. The number of benzene rings is 1. The molecular formula is C21H31F3O3. The van der Waals surface area contributed by atoms with Crippen molar-refractivity contribution in [2.45, 2.75) is 84.2 Å². The number of unbranched alkanes of at least 4 members (excludes halogenated alkanes) is 6. The normalized spacial score (nSPS) is 12.1. The van der Waals surface area contributed by atoms with Crippen molar-refractivity contribution >= 4 is 5.97 Å². The highest BCUT2D eigenvalue weighted by atomic mass is 19.2. The first-order chi connectivity index (χ1) is 13.0. The summed E-state index contributed by atoms with van der Waals surface area (Å²) < 4.78 is 51.5. The van der Waals surface area contributed by atoms with Gasteiger partial charge in [0.1, 0.15) is 11.7 Å². The van der Waals surface area contributed by atoms with Crippen LogP contribution < -0.4 is 4.74 Å². The molecule has 1 rings (SSSR count). The fraction of sp³-hybridized carbons (Fsp3) is 0.667. The first kappa shape index (κ1) is 23.3. The zero-order valence-corrected chi connectivity index (χ0v) is 16.6. The van der Waals surface area contributed by atoms with Crippen molar-refractivity contribution in [3.63, 3.8) is 0 Å². The van der Waals surface area contributed by atoms with Gasteiger partial charge in [0.15, 0.2) is 17.4 Å². The predicted molar refractivity (Wildman–Crippen MR) is 99.6 cm³/mol. The summed E-state index contributed by atoms with van der Waals surface area (Å²) in [7, 11) is 1.01. The summed E-state index contributed by atoms with van der Waals surface area (Å²) in [6.45, 7) is 4.22. The molecule has 1 unspecified atom stereocenters. The van der Waals surface area contributed by atoms with Crippen LogP contribution in [-0.2, 0) is 4.74 Å². The maximum Gasteiger partial charge on any atom is 0.341 e. The van der Waals surface area contributed by atoms with Crippen LogP contribution in [0.25, 0.3) is 0 Å². The van der Waals surface area contributed by atoms with Crippen molar-refractivity contribution < 1.29 is 27.4 Å². The van der Waals surface area contributed by atoms with Crippen molar-refractivity contribution in [3.05, 3.63) is 29.1 Å². The highest BCUT2D eigenvalue weighted by Crippen LogP contribution is 2.28. The van der Waals surface area contributed by atoms with Crippen molar-refractivity contribution in [2.24, 2.45) is 0 Å². The molecule has 1 aromatic rings. The van der Waals surface area contributed by atoms with Crippen LogP contribution in [0.15, 0.2) is 6.07 Å². The minimum Gasteiger partial charge on any atom is -0.491 e. The fourth-order valence-corrected chi connectivity index (χ4v) is 2.98. The molecule has 0 radical (unpaired) electrons. The lowest BCUT2D eigenvalue weighted by Gasteiger charge is -2.19. The summed E-state index contributed by atoms with van der Waals surface area (Å²) in [6.07, 6.45) is 9.34. The summed E-state index contributed by atoms with van der Waals surface area (Å²) in [5, 5.41) is 0. The topological polar surface area (TPSA) is 35.5 Å². The number of ether oxygens (including phenoxy) is 2. The Morgan fingerprint density at radius 1 is 0.926 bits per heavy atom. The lowest BCUT2D eigenvalue weighted by atomic mass is 10.0. The number of hydrogen-bond acceptors (Lipinski definition) is 3. The molecule has 0 bridgehead atoms. The molecule has 0 aliphatic carbocycles. The summed E-state index contributed by atoms with van der Waals surface area (Å²) in [6, 6.07) is 0.528. The number of rotatable bonds is 13. The first-order valence-corrected chi connectivity index (χ1v) is 9.88. The average molecular weight is 388 g/mol. The predicted octanol–water partition coefficient (Wildman–Crippen LogP) is 6.58. The molecule has 154 valence electrons. The average Bonchev–Trinajstić information content (AvgIpc) is 2.64. The van der Waals surface area contributed by atoms with Gasteiger partial charge in [-0.1, -0.05) is 52.4 Å². The molecule has 1 atom stereocenters. The Morgan fingerprint density at radius 2 is 1.48 bits per heavy atom. The van der Waals surface area contributed by atoms with E-state index in [1.165, 1.54) is 6.42 Å². The zero-order valence-electron chi connectivity index (χ0n) is 16.6. The number of carbonyl (C=O) groups is 1. The maximum absolute atomic E-state index is 14.3. The molecule has 0 amide bonds. The van der Waals surface area contributed by atoms with E-state index in [9.17, 15) is 18.0 Å². The fourth-order valence-electron chi connectivity index (χ4n) is 2.98. The summed E-state index contributed by atoms with van der Waals surface area (Å²) in [4.78, 5) is 12.4. The smallest absolute Gasteiger partial charge is 0.341 e. The molecule has 3 nitrogen and oxygen atoms in total. The Hall–Kier alpha value is -1.72. The monoisotopic (exact) mass is 388 g/mol. The van der Waals surface area contributed by atoms with Gasteiger partial charge in [-0.25, -0.2) is 13.6 Å². The van der Waals surface area contributed by atoms with Gasteiger partial charge in [0.05, 0.1) is 7.11 Å². The van der Waals surface area contributed by atoms with Gasteiger partial charge >= 0.3 is 5.97 Å². The van der Waals surface area contributed by atoms with Crippen LogP contribution in [0.1, 0.15) is 88.4 Å². The Labute approximate surface area is 160 Å². The van der Waals surface area contributed by atoms with Crippen LogP contribution in [0.3, 0.4) is 0 Å². The van der Waals surface area contributed by atoms with E-state index in [0.29, 0.717) is 18.9 Å². The van der Waals surface area contributed by atoms with Gasteiger partial charge in [-0.05, 0) is 31.7 Å². The number of hydrogen-bond donors (Lipinski definition) is 0. The van der Waals surface area contributed by atoms with E-state index >= 15 is 0 Å². The second-order valence-corrected chi connectivity index (χ2v) is 6.79. The second-order valence-electron chi connectivity index (χ2n) is 6.79. The zero-order chi connectivity index (χ0) is 20.2. The molecule has 0 heterocycles. The van der Waals surface area contributed by atoms with Gasteiger partial charge in [-0.2, -0.15) is 4.39 Å². The summed E-state index contributed by atoms with van der Waals surface area (Å²) in [5.41, 5.74) is -0.641. The minimum absolute atomic E-state index is 0.357. The van der Waals surface area contributed by atoms with Crippen molar-refractivity contribution in [1.82, 2.24) is 0 Å². The van der Waals surface area contributed by atoms with Crippen LogP contribution in [0.4, 0.5) is 13.2 Å². The van der Waals surface area contributed by atoms with Gasteiger partial charge in [0.25, 0.3) is 0 Å². The van der Waals surface area contributed by atoms with Crippen molar-refractivity contribution in [2.75, 3.05) is 7.11 Å². The molecule has 0 spiro atoms. The highest BCUT2D eigenvalue weighted by Gasteiger charge is 2.26. The van der Waals surface area contributed by atoms with Gasteiger partial charge in [0.2, 0.25) is 5.82 Å². The van der Waals surface area contributed by atoms with Crippen LogP contribution in [-0.4, -0.2) is 19.2 Å². The van der Waals surface area contributed by atoms with Crippen LogP contribution >= 0.6 is 0 Å². The van der Waals surface area contributed by atoms with Gasteiger partial charge in [-0.15, -0.1) is 0 Å². The molecule has 1 aromatic carbocycles. The van der Waals surface area contributed by atoms with Crippen LogP contribution in [0.5, 0.6) is 5.75 Å². The summed E-state index contributed by atoms with van der Waals surface area (Å²) >= 11 is 0. The molecule has 0 saturated carbocycles. The molecule has 0 N–H and O–H groups in total. The quantitative estimate of drug-likeness (QED) is 0.217. The molecular weight excluding hydrogens is 357 g/mol. The number of esters is 1. The Morgan fingerprint density at radius 3 is 2.07 bits per heavy atom. The van der Waals surface area contributed by atoms with Gasteiger partial charge in [0, 0.05) is 0 Å². The second kappa shape index (κ2) is 12.6. The third-order valence-electron chi connectivity index (χ3n) is 4.57. The van der Waals surface area contributed by atoms with Gasteiger partial charge < -0.3 is 9.47 Å². The van der Waals surface area contributed by atoms with E-state index in [0.717, 1.165) is 52.1 Å². The molecule has 0 fully saturated rings. The molecule has 27 heavy (non-hydrogen) atoms. The molecule has 0 aliphatic rings. The first-order valence-electron chi connectivity index (χ1n) is 9.88. The minimum atomic E-state index is -1.46. The number of halogens is 3. The van der Waals surface area contributed by atoms with E-state index in [1.807, 2.05) is 0 Å². The van der Waals surface area contributed by atoms with Crippen molar-refractivity contribution in [1.29, 1.82) is 0 Å². The highest BCUT2D eigenvalue weighted by molar-refractivity contribution is 5.90. The standard InChI is InChI=1S/C21H31F3O3/c1-4-6-8-9-11-13-15(12-10-7-5-2)27-21(25)16-14-17(22)19(24)20(26-3)18(16)23/h14-15H,4-13H2,1-3H3. The third-order valence-corrected chi connectivity index (χ3v) is 4.57. The lowest BCUT2D eigenvalue weighted by Crippen LogP contribution is -2.20. The number of methoxy groups -OCH3 is 1. The molecule has 0 aliphatic heterocycles. The molecule has 0 aromatic heterocycles. The third kappa shape index (κ3) is 7.43. The Bertz CT molecular complexity index is 591. The van der Waals surface area contributed by atoms with E-state index in [1.54, 1.807) is 0 Å².